The zero-order valence-electron chi connectivity index (χ0n) is 9.42. The van der Waals surface area contributed by atoms with Gasteiger partial charge in [-0.2, -0.15) is 0 Å². The second-order valence-electron chi connectivity index (χ2n) is 3.70. The molecule has 0 amide bonds. The number of benzene rings is 1. The maximum Gasteiger partial charge on any atom is 0.0340 e. The van der Waals surface area contributed by atoms with Gasteiger partial charge in [0.05, 0.1) is 0 Å². The highest BCUT2D eigenvalue weighted by Gasteiger charge is 1.90. The first-order valence-electron chi connectivity index (χ1n) is 5.48. The molecule has 0 bridgehead atoms. The third-order valence-electron chi connectivity index (χ3n) is 2.30. The average molecular weight is 201 g/mol. The van der Waals surface area contributed by atoms with Crippen LogP contribution in [0.25, 0.3) is 0 Å². The summed E-state index contributed by atoms with van der Waals surface area (Å²) in [5.74, 6) is 0. The highest BCUT2D eigenvalue weighted by Crippen LogP contribution is 2.08. The van der Waals surface area contributed by atoms with E-state index in [0.717, 1.165) is 13.0 Å². The predicted molar refractivity (Wildman–Crippen MR) is 67.2 cm³/mol. The Morgan fingerprint density at radius 3 is 2.67 bits per heavy atom. The summed E-state index contributed by atoms with van der Waals surface area (Å²) in [5.41, 5.74) is 5.30. The first-order valence-corrected chi connectivity index (χ1v) is 5.48. The van der Waals surface area contributed by atoms with Gasteiger partial charge in [0.15, 0.2) is 0 Å². The van der Waals surface area contributed by atoms with Gasteiger partial charge in [0.25, 0.3) is 0 Å². The summed E-state index contributed by atoms with van der Waals surface area (Å²) in [4.78, 5) is 0. The molecule has 1 N–H and O–H groups in total. The maximum atomic E-state index is 3.54. The molecule has 1 heteroatoms. The van der Waals surface area contributed by atoms with Gasteiger partial charge in [-0.3, -0.25) is 0 Å². The van der Waals surface area contributed by atoms with Gasteiger partial charge < -0.3 is 5.32 Å². The molecule has 0 heterocycles. The van der Waals surface area contributed by atoms with Crippen molar-refractivity contribution in [2.24, 2.45) is 0 Å². The lowest BCUT2D eigenvalue weighted by molar-refractivity contribution is 0.779. The predicted octanol–water partition coefficient (Wildman–Crippen LogP) is 3.92. The molecule has 0 saturated heterocycles. The lowest BCUT2D eigenvalue weighted by Crippen LogP contribution is -2.00. The fourth-order valence-electron chi connectivity index (χ4n) is 1.38. The molecule has 0 aliphatic carbocycles. The van der Waals surface area contributed by atoms with E-state index >= 15 is 0 Å². The van der Waals surface area contributed by atoms with Crippen molar-refractivity contribution in [2.45, 2.75) is 26.2 Å². The van der Waals surface area contributed by atoms with E-state index in [0.29, 0.717) is 0 Å². The minimum absolute atomic E-state index is 1.04. The molecule has 0 radical (unpaired) electrons. The number of allylic oxidation sites excluding steroid dienone is 1. The van der Waals surface area contributed by atoms with Crippen LogP contribution in [0.15, 0.2) is 42.7 Å². The molecule has 80 valence electrons. The molecule has 0 saturated carbocycles. The van der Waals surface area contributed by atoms with Gasteiger partial charge in [-0.1, -0.05) is 24.3 Å². The fourth-order valence-corrected chi connectivity index (χ4v) is 1.38. The van der Waals surface area contributed by atoms with E-state index < -0.39 is 0 Å². The van der Waals surface area contributed by atoms with Crippen molar-refractivity contribution >= 4 is 5.69 Å². The van der Waals surface area contributed by atoms with Gasteiger partial charge in [-0.25, -0.2) is 0 Å². The van der Waals surface area contributed by atoms with Crippen molar-refractivity contribution in [3.63, 3.8) is 0 Å². The number of anilines is 1. The topological polar surface area (TPSA) is 12.0 Å². The molecule has 1 rings (SSSR count). The molecule has 0 aliphatic rings. The third-order valence-corrected chi connectivity index (χ3v) is 2.30. The number of nitrogens with one attached hydrogen (secondary N) is 1. The van der Waals surface area contributed by atoms with Gasteiger partial charge in [0.2, 0.25) is 0 Å². The zero-order chi connectivity index (χ0) is 10.9. The molecule has 0 aliphatic heterocycles. The molecule has 0 aromatic heterocycles. The van der Waals surface area contributed by atoms with E-state index in [4.69, 9.17) is 0 Å². The quantitative estimate of drug-likeness (QED) is 0.543. The largest absolute Gasteiger partial charge is 0.385 e. The summed E-state index contributed by atoms with van der Waals surface area (Å²) in [7, 11) is 0. The van der Waals surface area contributed by atoms with Crippen LogP contribution in [-0.2, 0) is 0 Å². The number of hydrogen-bond acceptors (Lipinski definition) is 1. The Balaban J connectivity index is 2.15. The van der Waals surface area contributed by atoms with Crippen molar-refractivity contribution in [1.29, 1.82) is 0 Å². The molecule has 1 aromatic rings. The Morgan fingerprint density at radius 2 is 2.00 bits per heavy atom. The van der Waals surface area contributed by atoms with Gasteiger partial charge >= 0.3 is 0 Å². The molecular weight excluding hydrogens is 182 g/mol. The van der Waals surface area contributed by atoms with Crippen LogP contribution in [0.1, 0.15) is 24.8 Å². The Hall–Kier alpha value is -1.46. The Bertz CT molecular complexity index is 318. The minimum atomic E-state index is 1.04. The SMILES string of the molecule is C=C=CCCCCNc1ccc(C)cc1. The Labute approximate surface area is 92.5 Å². The average Bonchev–Trinajstić information content (AvgIpc) is 2.26. The van der Waals surface area contributed by atoms with Crippen LogP contribution in [0.3, 0.4) is 0 Å². The molecule has 15 heavy (non-hydrogen) atoms. The summed E-state index contributed by atoms with van der Waals surface area (Å²) < 4.78 is 0. The fraction of sp³-hybridized carbons (Fsp3) is 0.357. The summed E-state index contributed by atoms with van der Waals surface area (Å²) in [6, 6.07) is 8.50. The zero-order valence-corrected chi connectivity index (χ0v) is 9.42. The maximum absolute atomic E-state index is 3.54. The minimum Gasteiger partial charge on any atom is -0.385 e. The Kier molecular flexibility index (Phi) is 5.35. The van der Waals surface area contributed by atoms with Crippen molar-refractivity contribution in [2.75, 3.05) is 11.9 Å². The van der Waals surface area contributed by atoms with Crippen LogP contribution < -0.4 is 5.32 Å². The molecule has 0 fully saturated rings. The molecule has 0 unspecified atom stereocenters. The summed E-state index contributed by atoms with van der Waals surface area (Å²) in [6.45, 7) is 6.68. The molecular formula is C14H19N. The Morgan fingerprint density at radius 1 is 1.27 bits per heavy atom. The second kappa shape index (κ2) is 6.92. The van der Waals surface area contributed by atoms with E-state index in [1.54, 1.807) is 0 Å². The third kappa shape index (κ3) is 5.09. The number of hydrogen-bond donors (Lipinski definition) is 1. The van der Waals surface area contributed by atoms with E-state index in [9.17, 15) is 0 Å². The highest BCUT2D eigenvalue weighted by molar-refractivity contribution is 5.44. The normalized spacial score (nSPS) is 9.40. The summed E-state index contributed by atoms with van der Waals surface area (Å²) >= 11 is 0. The number of rotatable bonds is 6. The number of unbranched alkanes of at least 4 members (excludes halogenated alkanes) is 2. The van der Waals surface area contributed by atoms with Crippen LogP contribution in [0.2, 0.25) is 0 Å². The van der Waals surface area contributed by atoms with E-state index in [-0.39, 0.29) is 0 Å². The van der Waals surface area contributed by atoms with Crippen LogP contribution >= 0.6 is 0 Å². The van der Waals surface area contributed by atoms with Crippen molar-refractivity contribution < 1.29 is 0 Å². The van der Waals surface area contributed by atoms with Crippen LogP contribution in [0.5, 0.6) is 0 Å². The van der Waals surface area contributed by atoms with Gasteiger partial charge in [-0.05, 0) is 44.4 Å². The first-order chi connectivity index (χ1) is 7.33. The van der Waals surface area contributed by atoms with Gasteiger partial charge in [0.1, 0.15) is 0 Å². The molecule has 0 spiro atoms. The summed E-state index contributed by atoms with van der Waals surface area (Å²) in [5, 5.41) is 3.40. The first kappa shape index (κ1) is 11.6. The van der Waals surface area contributed by atoms with Gasteiger partial charge in [0, 0.05) is 12.2 Å². The van der Waals surface area contributed by atoms with E-state index in [1.807, 2.05) is 6.08 Å². The standard InChI is InChI=1S/C14H19N/c1-3-4-5-6-7-12-15-14-10-8-13(2)9-11-14/h4,8-11,15H,1,5-7,12H2,2H3. The van der Waals surface area contributed by atoms with Crippen molar-refractivity contribution in [3.8, 4) is 0 Å². The second-order valence-corrected chi connectivity index (χ2v) is 3.70. The molecule has 0 atom stereocenters. The van der Waals surface area contributed by atoms with Crippen LogP contribution in [0, 0.1) is 6.92 Å². The molecule has 1 nitrogen and oxygen atoms in total. The summed E-state index contributed by atoms with van der Waals surface area (Å²) in [6.07, 6.45) is 5.46. The van der Waals surface area contributed by atoms with E-state index in [1.165, 1.54) is 24.1 Å². The highest BCUT2D eigenvalue weighted by atomic mass is 14.9. The van der Waals surface area contributed by atoms with E-state index in [2.05, 4.69) is 48.8 Å². The molecule has 1 aromatic carbocycles. The van der Waals surface area contributed by atoms with Crippen LogP contribution in [-0.4, -0.2) is 6.54 Å². The van der Waals surface area contributed by atoms with Crippen molar-refractivity contribution in [1.82, 2.24) is 0 Å². The number of aryl methyl sites for hydroxylation is 1. The van der Waals surface area contributed by atoms with Crippen LogP contribution in [0.4, 0.5) is 5.69 Å². The smallest absolute Gasteiger partial charge is 0.0340 e. The van der Waals surface area contributed by atoms with Gasteiger partial charge in [-0.15, -0.1) is 5.73 Å². The monoisotopic (exact) mass is 201 g/mol. The van der Waals surface area contributed by atoms with Crippen molar-refractivity contribution in [3.05, 3.63) is 48.2 Å². The lowest BCUT2D eigenvalue weighted by Gasteiger charge is -2.05. The lowest BCUT2D eigenvalue weighted by atomic mass is 10.2.